The summed E-state index contributed by atoms with van der Waals surface area (Å²) in [6.07, 6.45) is 3.93. The first-order valence-electron chi connectivity index (χ1n) is 11.0. The monoisotopic (exact) mass is 404 g/mol. The van der Waals surface area contributed by atoms with E-state index >= 15 is 0 Å². The number of carbonyl (C=O) groups is 1. The van der Waals surface area contributed by atoms with Crippen molar-refractivity contribution in [2.24, 2.45) is 0 Å². The summed E-state index contributed by atoms with van der Waals surface area (Å²) in [5.41, 5.74) is 6.02. The molecule has 0 fully saturated rings. The second-order valence-corrected chi connectivity index (χ2v) is 7.51. The van der Waals surface area contributed by atoms with E-state index in [1.165, 1.54) is 11.4 Å². The smallest absolute Gasteiger partial charge is 0.184 e. The van der Waals surface area contributed by atoms with Crippen molar-refractivity contribution in [1.82, 2.24) is 0 Å². The average Bonchev–Trinajstić information content (AvgIpc) is 2.77. The summed E-state index contributed by atoms with van der Waals surface area (Å²) >= 11 is 0. The van der Waals surface area contributed by atoms with Gasteiger partial charge in [0.25, 0.3) is 0 Å². The minimum absolute atomic E-state index is 0.0793. The van der Waals surface area contributed by atoms with E-state index in [1.807, 2.05) is 26.0 Å². The number of carbonyl (C=O) groups excluding carboxylic acids is 1. The van der Waals surface area contributed by atoms with Gasteiger partial charge in [0.15, 0.2) is 5.78 Å². The molecule has 2 rings (SSSR count). The van der Waals surface area contributed by atoms with E-state index in [-0.39, 0.29) is 5.78 Å². The number of hydrogen-bond acceptors (Lipinski definition) is 3. The molecule has 160 valence electrons. The second kappa shape index (κ2) is 11.4. The lowest BCUT2D eigenvalue weighted by molar-refractivity contribution is -0.112. The molecule has 0 N–H and O–H groups in total. The van der Waals surface area contributed by atoms with E-state index in [2.05, 4.69) is 86.0 Å². The fourth-order valence-corrected chi connectivity index (χ4v) is 3.68. The summed E-state index contributed by atoms with van der Waals surface area (Å²) in [5, 5.41) is 0. The second-order valence-electron chi connectivity index (χ2n) is 7.51. The SMILES string of the molecule is CCN(CC)c1ccc(/C=C(\C)C(=O)/C(C)=C/c2ccc(N(CC)CC)cc2)cc1. The van der Waals surface area contributed by atoms with E-state index in [9.17, 15) is 4.79 Å². The molecule has 0 aliphatic heterocycles. The first kappa shape index (κ1) is 23.5. The van der Waals surface area contributed by atoms with E-state index in [0.29, 0.717) is 0 Å². The van der Waals surface area contributed by atoms with E-state index in [0.717, 1.165) is 48.5 Å². The molecule has 0 heterocycles. The van der Waals surface area contributed by atoms with Crippen molar-refractivity contribution >= 4 is 29.3 Å². The number of nitrogens with zero attached hydrogens (tertiary/aromatic N) is 2. The zero-order valence-electron chi connectivity index (χ0n) is 19.4. The molecular formula is C27H36N2O. The van der Waals surface area contributed by atoms with Crippen LogP contribution in [0.5, 0.6) is 0 Å². The zero-order valence-corrected chi connectivity index (χ0v) is 19.4. The van der Waals surface area contributed by atoms with Crippen LogP contribution in [0.2, 0.25) is 0 Å². The molecule has 0 unspecified atom stereocenters. The van der Waals surface area contributed by atoms with Crippen LogP contribution in [0.3, 0.4) is 0 Å². The summed E-state index contributed by atoms with van der Waals surface area (Å²) in [7, 11) is 0. The van der Waals surface area contributed by atoms with Crippen molar-refractivity contribution in [1.29, 1.82) is 0 Å². The molecule has 0 atom stereocenters. The third kappa shape index (κ3) is 6.09. The Kier molecular flexibility index (Phi) is 8.91. The molecule has 0 saturated carbocycles. The summed E-state index contributed by atoms with van der Waals surface area (Å²) in [6.45, 7) is 16.4. The highest BCUT2D eigenvalue weighted by atomic mass is 16.1. The molecule has 2 aromatic carbocycles. The molecule has 0 spiro atoms. The number of Topliss-reactive ketones (excluding diaryl/α,β-unsaturated/α-hetero) is 1. The number of benzene rings is 2. The van der Waals surface area contributed by atoms with Crippen molar-refractivity contribution in [2.45, 2.75) is 41.5 Å². The lowest BCUT2D eigenvalue weighted by Gasteiger charge is -2.21. The molecule has 0 radical (unpaired) electrons. The van der Waals surface area contributed by atoms with Gasteiger partial charge in [0.05, 0.1) is 0 Å². The van der Waals surface area contributed by atoms with Crippen LogP contribution in [0.25, 0.3) is 12.2 Å². The maximum absolute atomic E-state index is 12.8. The molecule has 30 heavy (non-hydrogen) atoms. The minimum atomic E-state index is 0.0793. The van der Waals surface area contributed by atoms with Crippen LogP contribution < -0.4 is 9.80 Å². The first-order valence-corrected chi connectivity index (χ1v) is 11.0. The lowest BCUT2D eigenvalue weighted by Crippen LogP contribution is -2.21. The number of allylic oxidation sites excluding steroid dienone is 2. The van der Waals surface area contributed by atoms with Crippen molar-refractivity contribution in [2.75, 3.05) is 36.0 Å². The Labute approximate surface area is 182 Å². The van der Waals surface area contributed by atoms with Crippen molar-refractivity contribution in [3.05, 3.63) is 70.8 Å². The molecule has 0 aliphatic rings. The van der Waals surface area contributed by atoms with Gasteiger partial charge in [0.2, 0.25) is 0 Å². The molecule has 0 aromatic heterocycles. The molecule has 3 nitrogen and oxygen atoms in total. The fourth-order valence-electron chi connectivity index (χ4n) is 3.68. The van der Waals surface area contributed by atoms with Gasteiger partial charge < -0.3 is 9.80 Å². The molecule has 0 bridgehead atoms. The van der Waals surface area contributed by atoms with Crippen LogP contribution in [0, 0.1) is 0 Å². The molecule has 0 amide bonds. The van der Waals surface area contributed by atoms with Gasteiger partial charge in [-0.2, -0.15) is 0 Å². The topological polar surface area (TPSA) is 23.6 Å². The highest BCUT2D eigenvalue weighted by Gasteiger charge is 2.08. The summed E-state index contributed by atoms with van der Waals surface area (Å²) < 4.78 is 0. The number of ketones is 1. The Morgan fingerprint density at radius 1 is 0.633 bits per heavy atom. The van der Waals surface area contributed by atoms with Gasteiger partial charge in [-0.3, -0.25) is 4.79 Å². The van der Waals surface area contributed by atoms with Crippen LogP contribution in [-0.4, -0.2) is 32.0 Å². The maximum Gasteiger partial charge on any atom is 0.184 e. The van der Waals surface area contributed by atoms with Gasteiger partial charge in [-0.15, -0.1) is 0 Å². The van der Waals surface area contributed by atoms with Gasteiger partial charge in [-0.25, -0.2) is 0 Å². The number of rotatable bonds is 10. The van der Waals surface area contributed by atoms with Gasteiger partial charge in [-0.1, -0.05) is 24.3 Å². The third-order valence-electron chi connectivity index (χ3n) is 5.53. The molecule has 2 aromatic rings. The van der Waals surface area contributed by atoms with Gasteiger partial charge in [-0.05, 0) is 100 Å². The largest absolute Gasteiger partial charge is 0.372 e. The van der Waals surface area contributed by atoms with Crippen LogP contribution in [0.15, 0.2) is 59.7 Å². The predicted octanol–water partition coefficient (Wildman–Crippen LogP) is 6.45. The quantitative estimate of drug-likeness (QED) is 0.425. The lowest BCUT2D eigenvalue weighted by atomic mass is 10.0. The van der Waals surface area contributed by atoms with E-state index in [4.69, 9.17) is 0 Å². The van der Waals surface area contributed by atoms with Crippen LogP contribution in [-0.2, 0) is 4.79 Å². The normalized spacial score (nSPS) is 12.1. The summed E-state index contributed by atoms with van der Waals surface area (Å²) in [5.74, 6) is 0.0793. The van der Waals surface area contributed by atoms with Gasteiger partial charge >= 0.3 is 0 Å². The first-order chi connectivity index (χ1) is 14.4. The van der Waals surface area contributed by atoms with Gasteiger partial charge in [0, 0.05) is 37.6 Å². The summed E-state index contributed by atoms with van der Waals surface area (Å²) in [4.78, 5) is 17.5. The minimum Gasteiger partial charge on any atom is -0.372 e. The Morgan fingerprint density at radius 2 is 0.933 bits per heavy atom. The van der Waals surface area contributed by atoms with Crippen molar-refractivity contribution < 1.29 is 4.79 Å². The zero-order chi connectivity index (χ0) is 22.1. The van der Waals surface area contributed by atoms with E-state index < -0.39 is 0 Å². The van der Waals surface area contributed by atoms with Crippen molar-refractivity contribution in [3.8, 4) is 0 Å². The molecule has 0 aliphatic carbocycles. The Hall–Kier alpha value is -2.81. The highest BCUT2D eigenvalue weighted by molar-refractivity contribution is 6.12. The standard InChI is InChI=1S/C27H36N2O/c1-7-28(8-2)25-15-11-23(12-16-25)19-21(5)27(30)22(6)20-24-13-17-26(18-14-24)29(9-3)10-4/h11-20H,7-10H2,1-6H3/b21-19+,22-20+. The Morgan fingerprint density at radius 3 is 1.20 bits per heavy atom. The van der Waals surface area contributed by atoms with Crippen LogP contribution >= 0.6 is 0 Å². The number of hydrogen-bond donors (Lipinski definition) is 0. The predicted molar refractivity (Wildman–Crippen MR) is 132 cm³/mol. The molecular weight excluding hydrogens is 368 g/mol. The third-order valence-corrected chi connectivity index (χ3v) is 5.53. The van der Waals surface area contributed by atoms with Crippen molar-refractivity contribution in [3.63, 3.8) is 0 Å². The summed E-state index contributed by atoms with van der Waals surface area (Å²) in [6, 6.07) is 16.8. The Bertz CT molecular complexity index is 795. The average molecular weight is 405 g/mol. The highest BCUT2D eigenvalue weighted by Crippen LogP contribution is 2.20. The van der Waals surface area contributed by atoms with Crippen LogP contribution in [0.1, 0.15) is 52.7 Å². The maximum atomic E-state index is 12.8. The fraction of sp³-hybridized carbons (Fsp3) is 0.370. The Balaban J connectivity index is 2.12. The van der Waals surface area contributed by atoms with E-state index in [1.54, 1.807) is 0 Å². The van der Waals surface area contributed by atoms with Gasteiger partial charge in [0.1, 0.15) is 0 Å². The molecule has 0 saturated heterocycles. The molecule has 3 heteroatoms. The van der Waals surface area contributed by atoms with Crippen LogP contribution in [0.4, 0.5) is 11.4 Å². The number of anilines is 2.